The molecule has 0 N–H and O–H groups in total. The standard InChI is InChI=1S/C17H13Cl2F2N3O3/c18-12-9-15(21)14(20)8-11(12)17(25)23-5-3-22(4-6-23)16-2-1-10(24(26)27)7-13(16)19/h1-2,7-9H,3-6H2. The van der Waals surface area contributed by atoms with Crippen molar-refractivity contribution >= 4 is 40.5 Å². The maximum absolute atomic E-state index is 13.4. The lowest BCUT2D eigenvalue weighted by molar-refractivity contribution is -0.384. The summed E-state index contributed by atoms with van der Waals surface area (Å²) in [5.41, 5.74) is 0.420. The molecule has 6 nitrogen and oxygen atoms in total. The molecular formula is C17H13Cl2F2N3O3. The lowest BCUT2D eigenvalue weighted by atomic mass is 10.1. The second-order valence-corrected chi connectivity index (χ2v) is 6.73. The Labute approximate surface area is 163 Å². The normalized spacial score (nSPS) is 14.4. The maximum Gasteiger partial charge on any atom is 0.271 e. The van der Waals surface area contributed by atoms with Crippen LogP contribution in [0.15, 0.2) is 30.3 Å². The number of nitro benzene ring substituents is 1. The first-order valence-corrected chi connectivity index (χ1v) is 8.66. The van der Waals surface area contributed by atoms with Crippen LogP contribution in [0.25, 0.3) is 0 Å². The molecular weight excluding hydrogens is 403 g/mol. The first-order valence-electron chi connectivity index (χ1n) is 7.90. The zero-order valence-corrected chi connectivity index (χ0v) is 15.3. The van der Waals surface area contributed by atoms with E-state index in [1.165, 1.54) is 17.0 Å². The van der Waals surface area contributed by atoms with Crippen LogP contribution in [-0.2, 0) is 0 Å². The second kappa shape index (κ2) is 7.66. The SMILES string of the molecule is O=C(c1cc(F)c(F)cc1Cl)N1CCN(c2ccc([N+](=O)[O-])cc2Cl)CC1. The number of carbonyl (C=O) groups excluding carboxylic acids is 1. The molecule has 1 saturated heterocycles. The Morgan fingerprint density at radius 3 is 2.22 bits per heavy atom. The summed E-state index contributed by atoms with van der Waals surface area (Å²) in [5.74, 6) is -2.75. The third-order valence-electron chi connectivity index (χ3n) is 4.29. The van der Waals surface area contributed by atoms with E-state index in [0.717, 1.165) is 12.1 Å². The molecule has 2 aromatic carbocycles. The maximum atomic E-state index is 13.4. The Morgan fingerprint density at radius 2 is 1.63 bits per heavy atom. The Morgan fingerprint density at radius 1 is 1.00 bits per heavy atom. The van der Waals surface area contributed by atoms with Gasteiger partial charge in [-0.15, -0.1) is 0 Å². The van der Waals surface area contributed by atoms with E-state index in [9.17, 15) is 23.7 Å². The van der Waals surface area contributed by atoms with Crippen molar-refractivity contribution in [3.8, 4) is 0 Å². The van der Waals surface area contributed by atoms with E-state index < -0.39 is 22.5 Å². The molecule has 1 aliphatic rings. The first kappa shape index (κ1) is 19.3. The Kier molecular flexibility index (Phi) is 5.48. The van der Waals surface area contributed by atoms with Gasteiger partial charge in [0.05, 0.1) is 26.2 Å². The number of carbonyl (C=O) groups is 1. The van der Waals surface area contributed by atoms with Crippen molar-refractivity contribution in [2.45, 2.75) is 0 Å². The van der Waals surface area contributed by atoms with Gasteiger partial charge in [-0.3, -0.25) is 14.9 Å². The first-order chi connectivity index (χ1) is 12.8. The van der Waals surface area contributed by atoms with Crippen LogP contribution in [0.1, 0.15) is 10.4 Å². The van der Waals surface area contributed by atoms with Gasteiger partial charge in [-0.2, -0.15) is 0 Å². The number of nitrogens with zero attached hydrogens (tertiary/aromatic N) is 3. The van der Waals surface area contributed by atoms with Crippen molar-refractivity contribution in [1.82, 2.24) is 4.90 Å². The van der Waals surface area contributed by atoms with Crippen molar-refractivity contribution in [3.63, 3.8) is 0 Å². The molecule has 0 atom stereocenters. The summed E-state index contributed by atoms with van der Waals surface area (Å²) in [7, 11) is 0. The second-order valence-electron chi connectivity index (χ2n) is 5.92. The molecule has 3 rings (SSSR count). The minimum absolute atomic E-state index is 0.0996. The minimum atomic E-state index is -1.14. The fourth-order valence-electron chi connectivity index (χ4n) is 2.87. The Hall–Kier alpha value is -2.45. The van der Waals surface area contributed by atoms with E-state index in [1.807, 2.05) is 4.90 Å². The van der Waals surface area contributed by atoms with Crippen LogP contribution in [0.4, 0.5) is 20.2 Å². The summed E-state index contributed by atoms with van der Waals surface area (Å²) in [5, 5.41) is 10.9. The van der Waals surface area contributed by atoms with E-state index in [-0.39, 0.29) is 21.3 Å². The van der Waals surface area contributed by atoms with E-state index in [0.29, 0.717) is 31.9 Å². The summed E-state index contributed by atoms with van der Waals surface area (Å²) < 4.78 is 26.6. The average molecular weight is 416 g/mol. The monoisotopic (exact) mass is 415 g/mol. The molecule has 1 fully saturated rings. The highest BCUT2D eigenvalue weighted by molar-refractivity contribution is 6.34. The zero-order chi connectivity index (χ0) is 19.7. The molecule has 0 radical (unpaired) electrons. The summed E-state index contributed by atoms with van der Waals surface area (Å²) in [6, 6.07) is 5.76. The fraction of sp³-hybridized carbons (Fsp3) is 0.235. The Bertz CT molecular complexity index is 919. The third kappa shape index (κ3) is 3.96. The molecule has 0 bridgehead atoms. The van der Waals surface area contributed by atoms with Gasteiger partial charge in [-0.05, 0) is 18.2 Å². The quantitative estimate of drug-likeness (QED) is 0.429. The van der Waals surface area contributed by atoms with Crippen LogP contribution in [0.3, 0.4) is 0 Å². The van der Waals surface area contributed by atoms with Crippen LogP contribution in [0, 0.1) is 21.7 Å². The van der Waals surface area contributed by atoms with E-state index >= 15 is 0 Å². The number of nitro groups is 1. The fourth-order valence-corrected chi connectivity index (χ4v) is 3.40. The highest BCUT2D eigenvalue weighted by atomic mass is 35.5. The van der Waals surface area contributed by atoms with Gasteiger partial charge in [0.25, 0.3) is 11.6 Å². The molecule has 0 spiro atoms. The number of hydrogen-bond donors (Lipinski definition) is 0. The number of hydrogen-bond acceptors (Lipinski definition) is 4. The van der Waals surface area contributed by atoms with Gasteiger partial charge in [0.2, 0.25) is 0 Å². The molecule has 142 valence electrons. The number of rotatable bonds is 3. The molecule has 1 aliphatic heterocycles. The number of anilines is 1. The van der Waals surface area contributed by atoms with Crippen LogP contribution in [-0.4, -0.2) is 41.9 Å². The number of benzene rings is 2. The smallest absolute Gasteiger partial charge is 0.271 e. The molecule has 1 heterocycles. The molecule has 0 aliphatic carbocycles. The topological polar surface area (TPSA) is 66.7 Å². The minimum Gasteiger partial charge on any atom is -0.367 e. The molecule has 1 amide bonds. The molecule has 10 heteroatoms. The van der Waals surface area contributed by atoms with Crippen molar-refractivity contribution in [3.05, 3.63) is 67.7 Å². The van der Waals surface area contributed by atoms with Crippen molar-refractivity contribution in [1.29, 1.82) is 0 Å². The van der Waals surface area contributed by atoms with Crippen molar-refractivity contribution < 1.29 is 18.5 Å². The van der Waals surface area contributed by atoms with E-state index in [4.69, 9.17) is 23.2 Å². The summed E-state index contributed by atoms with van der Waals surface area (Å²) in [4.78, 5) is 26.2. The van der Waals surface area contributed by atoms with Gasteiger partial charge in [0.1, 0.15) is 0 Å². The highest BCUT2D eigenvalue weighted by Gasteiger charge is 2.26. The lowest BCUT2D eigenvalue weighted by Gasteiger charge is -2.36. The van der Waals surface area contributed by atoms with Crippen LogP contribution in [0.2, 0.25) is 10.0 Å². The van der Waals surface area contributed by atoms with Crippen molar-refractivity contribution in [2.75, 3.05) is 31.1 Å². The van der Waals surface area contributed by atoms with Gasteiger partial charge in [0, 0.05) is 38.3 Å². The van der Waals surface area contributed by atoms with Gasteiger partial charge >= 0.3 is 0 Å². The zero-order valence-electron chi connectivity index (χ0n) is 13.8. The summed E-state index contributed by atoms with van der Waals surface area (Å²) in [6.45, 7) is 1.46. The van der Waals surface area contributed by atoms with Gasteiger partial charge in [-0.1, -0.05) is 23.2 Å². The average Bonchev–Trinajstić information content (AvgIpc) is 2.64. The van der Waals surface area contributed by atoms with E-state index in [2.05, 4.69) is 0 Å². The van der Waals surface area contributed by atoms with E-state index in [1.54, 1.807) is 6.07 Å². The predicted octanol–water partition coefficient (Wildman–Crippen LogP) is 4.14. The number of piperazine rings is 1. The number of amides is 1. The Balaban J connectivity index is 1.71. The number of non-ortho nitro benzene ring substituents is 1. The van der Waals surface area contributed by atoms with Crippen LogP contribution >= 0.6 is 23.2 Å². The number of halogens is 4. The van der Waals surface area contributed by atoms with Crippen molar-refractivity contribution in [2.24, 2.45) is 0 Å². The van der Waals surface area contributed by atoms with Gasteiger partial charge in [-0.25, -0.2) is 8.78 Å². The highest BCUT2D eigenvalue weighted by Crippen LogP contribution is 2.31. The molecule has 2 aromatic rings. The predicted molar refractivity (Wildman–Crippen MR) is 97.6 cm³/mol. The molecule has 0 aromatic heterocycles. The molecule has 27 heavy (non-hydrogen) atoms. The summed E-state index contributed by atoms with van der Waals surface area (Å²) >= 11 is 12.0. The molecule has 0 saturated carbocycles. The van der Waals surface area contributed by atoms with Crippen LogP contribution < -0.4 is 4.90 Å². The summed E-state index contributed by atoms with van der Waals surface area (Å²) in [6.07, 6.45) is 0. The lowest BCUT2D eigenvalue weighted by Crippen LogP contribution is -2.49. The molecule has 0 unspecified atom stereocenters. The van der Waals surface area contributed by atoms with Gasteiger partial charge in [0.15, 0.2) is 11.6 Å². The largest absolute Gasteiger partial charge is 0.367 e. The van der Waals surface area contributed by atoms with Gasteiger partial charge < -0.3 is 9.80 Å². The third-order valence-corrected chi connectivity index (χ3v) is 4.91. The van der Waals surface area contributed by atoms with Crippen LogP contribution in [0.5, 0.6) is 0 Å².